The summed E-state index contributed by atoms with van der Waals surface area (Å²) in [4.78, 5) is 23.0. The number of para-hydroxylation sites is 2. The molecule has 1 saturated heterocycles. The number of carbonyl (C=O) groups excluding carboxylic acids is 1. The third-order valence-corrected chi connectivity index (χ3v) is 7.17. The van der Waals surface area contributed by atoms with Gasteiger partial charge in [-0.15, -0.1) is 0 Å². The monoisotopic (exact) mass is 470 g/mol. The Bertz CT molecular complexity index is 1410. The molecule has 0 atom stereocenters. The summed E-state index contributed by atoms with van der Waals surface area (Å²) in [6.07, 6.45) is 2.05. The number of oxazole rings is 1. The van der Waals surface area contributed by atoms with Crippen LogP contribution in [0.1, 0.15) is 12.2 Å². The number of rotatable bonds is 5. The molecule has 1 amide bonds. The van der Waals surface area contributed by atoms with Gasteiger partial charge in [-0.3, -0.25) is 9.36 Å². The fraction of sp³-hybridized carbons (Fsp3) is 0.227. The van der Waals surface area contributed by atoms with Crippen molar-refractivity contribution in [2.75, 3.05) is 18.2 Å². The largest absolute Gasteiger partial charge is 0.427 e. The van der Waals surface area contributed by atoms with Crippen LogP contribution >= 0.6 is 11.6 Å². The average Bonchev–Trinajstić information content (AvgIpc) is 3.48. The molecule has 4 aromatic rings. The van der Waals surface area contributed by atoms with Gasteiger partial charge in [-0.2, -0.15) is 4.98 Å². The molecule has 10 heteroatoms. The number of halogens is 1. The van der Waals surface area contributed by atoms with Gasteiger partial charge in [0.25, 0.3) is 0 Å². The summed E-state index contributed by atoms with van der Waals surface area (Å²) in [7, 11) is -3.18. The Kier molecular flexibility index (Phi) is 5.22. The van der Waals surface area contributed by atoms with Gasteiger partial charge in [-0.25, -0.2) is 13.4 Å². The van der Waals surface area contributed by atoms with Gasteiger partial charge in [0.05, 0.1) is 16.8 Å². The van der Waals surface area contributed by atoms with Gasteiger partial charge in [0.15, 0.2) is 9.84 Å². The van der Waals surface area contributed by atoms with Crippen LogP contribution in [0.5, 0.6) is 0 Å². The van der Waals surface area contributed by atoms with Gasteiger partial charge in [0.1, 0.15) is 23.7 Å². The summed E-state index contributed by atoms with van der Waals surface area (Å²) in [6.45, 7) is 0.230. The Morgan fingerprint density at radius 2 is 1.91 bits per heavy atom. The Hall–Kier alpha value is -3.17. The van der Waals surface area contributed by atoms with E-state index in [0.29, 0.717) is 22.5 Å². The van der Waals surface area contributed by atoms with Crippen LogP contribution in [0.4, 0.5) is 0 Å². The minimum atomic E-state index is -3.18. The normalized spacial score (nSPS) is 15.5. The highest BCUT2D eigenvalue weighted by molar-refractivity contribution is 7.91. The van der Waals surface area contributed by atoms with E-state index in [9.17, 15) is 13.2 Å². The van der Waals surface area contributed by atoms with E-state index in [1.165, 1.54) is 4.90 Å². The molecule has 3 heterocycles. The molecule has 0 aliphatic carbocycles. The van der Waals surface area contributed by atoms with Crippen LogP contribution in [-0.4, -0.2) is 51.9 Å². The Balaban J connectivity index is 1.47. The Morgan fingerprint density at radius 1 is 1.12 bits per heavy atom. The molecule has 0 radical (unpaired) electrons. The van der Waals surface area contributed by atoms with Crippen molar-refractivity contribution in [2.45, 2.75) is 12.8 Å². The maximum absolute atomic E-state index is 12.6. The Morgan fingerprint density at radius 3 is 2.66 bits per heavy atom. The summed E-state index contributed by atoms with van der Waals surface area (Å²) >= 11 is 6.03. The molecule has 8 nitrogen and oxygen atoms in total. The number of imidazole rings is 1. The van der Waals surface area contributed by atoms with E-state index >= 15 is 0 Å². The van der Waals surface area contributed by atoms with Crippen LogP contribution < -0.4 is 0 Å². The highest BCUT2D eigenvalue weighted by Gasteiger charge is 2.29. The van der Waals surface area contributed by atoms with Gasteiger partial charge in [0.2, 0.25) is 5.91 Å². The number of benzene rings is 2. The predicted molar refractivity (Wildman–Crippen MR) is 120 cm³/mol. The van der Waals surface area contributed by atoms with E-state index < -0.39 is 9.84 Å². The third kappa shape index (κ3) is 4.01. The zero-order chi connectivity index (χ0) is 22.3. The van der Waals surface area contributed by atoms with E-state index in [4.69, 9.17) is 21.0 Å². The fourth-order valence-corrected chi connectivity index (χ4v) is 5.25. The second kappa shape index (κ2) is 8.07. The van der Waals surface area contributed by atoms with Crippen molar-refractivity contribution in [1.29, 1.82) is 0 Å². The number of hydrogen-bond acceptors (Lipinski definition) is 6. The lowest BCUT2D eigenvalue weighted by molar-refractivity contribution is -0.129. The van der Waals surface area contributed by atoms with Crippen molar-refractivity contribution in [3.05, 3.63) is 65.6 Å². The highest BCUT2D eigenvalue weighted by Crippen LogP contribution is 2.29. The number of aromatic nitrogens is 3. The van der Waals surface area contributed by atoms with Crippen LogP contribution in [0.3, 0.4) is 0 Å². The molecule has 0 spiro atoms. The van der Waals surface area contributed by atoms with Gasteiger partial charge in [-0.05, 0) is 24.3 Å². The third-order valence-electron chi connectivity index (χ3n) is 5.41. The average molecular weight is 471 g/mol. The summed E-state index contributed by atoms with van der Waals surface area (Å²) in [5, 5.41) is 0.602. The summed E-state index contributed by atoms with van der Waals surface area (Å²) in [5.74, 6) is 0.0997. The van der Waals surface area contributed by atoms with Gasteiger partial charge >= 0.3 is 6.01 Å². The van der Waals surface area contributed by atoms with Crippen molar-refractivity contribution in [2.24, 2.45) is 0 Å². The molecule has 0 unspecified atom stereocenters. The number of carbonyl (C=O) groups is 1. The summed E-state index contributed by atoms with van der Waals surface area (Å²) in [6, 6.07) is 15.2. The minimum absolute atomic E-state index is 0.00885. The predicted octanol–water partition coefficient (Wildman–Crippen LogP) is 3.48. The van der Waals surface area contributed by atoms with Crippen molar-refractivity contribution < 1.29 is 17.6 Å². The molecule has 2 aromatic heterocycles. The van der Waals surface area contributed by atoms with E-state index in [2.05, 4.69) is 4.98 Å². The molecule has 164 valence electrons. The first-order valence-corrected chi connectivity index (χ1v) is 12.3. The number of aryl methyl sites for hydroxylation is 1. The molecule has 5 rings (SSSR count). The smallest absolute Gasteiger partial charge is 0.308 e. The first-order chi connectivity index (χ1) is 15.4. The summed E-state index contributed by atoms with van der Waals surface area (Å²) in [5.41, 5.74) is 3.07. The van der Waals surface area contributed by atoms with Gasteiger partial charge in [0, 0.05) is 30.0 Å². The second-order valence-corrected chi connectivity index (χ2v) is 10.2. The van der Waals surface area contributed by atoms with E-state index in [1.54, 1.807) is 23.0 Å². The van der Waals surface area contributed by atoms with E-state index in [1.807, 2.05) is 36.4 Å². The molecule has 0 N–H and O–H groups in total. The number of amides is 1. The number of hydrogen-bond donors (Lipinski definition) is 0. The van der Waals surface area contributed by atoms with E-state index in [0.717, 1.165) is 16.6 Å². The van der Waals surface area contributed by atoms with Crippen molar-refractivity contribution in [3.8, 4) is 17.3 Å². The zero-order valence-electron chi connectivity index (χ0n) is 16.9. The lowest BCUT2D eigenvalue weighted by Crippen LogP contribution is -2.29. The summed E-state index contributed by atoms with van der Waals surface area (Å²) < 4.78 is 31.2. The number of nitrogens with zero attached hydrogens (tertiary/aromatic N) is 4. The quantitative estimate of drug-likeness (QED) is 0.443. The molecule has 0 saturated carbocycles. The fourth-order valence-electron chi connectivity index (χ4n) is 3.75. The molecule has 0 bridgehead atoms. The number of sulfone groups is 1. The molecular formula is C22H19ClN4O4S. The Labute approximate surface area is 189 Å². The first kappa shape index (κ1) is 20.7. The lowest BCUT2D eigenvalue weighted by Gasteiger charge is -2.13. The lowest BCUT2D eigenvalue weighted by atomic mass is 10.1. The molecule has 32 heavy (non-hydrogen) atoms. The maximum Gasteiger partial charge on any atom is 0.308 e. The van der Waals surface area contributed by atoms with E-state index in [-0.39, 0.29) is 36.9 Å². The van der Waals surface area contributed by atoms with Crippen LogP contribution in [0.15, 0.2) is 59.3 Å². The standard InChI is InChI=1S/C22H19ClN4O4S/c23-16-7-5-15(6-8-16)21-19(9-10-20(28)26-11-12-32(29,30)14-26)31-22(25-21)27-13-24-17-3-1-2-4-18(17)27/h1-8,13H,9-12,14H2. The van der Waals surface area contributed by atoms with Gasteiger partial charge < -0.3 is 9.32 Å². The van der Waals surface area contributed by atoms with Crippen molar-refractivity contribution >= 4 is 38.4 Å². The van der Waals surface area contributed by atoms with Crippen molar-refractivity contribution in [3.63, 3.8) is 0 Å². The second-order valence-electron chi connectivity index (χ2n) is 7.61. The van der Waals surface area contributed by atoms with Crippen LogP contribution in [0, 0.1) is 0 Å². The molecule has 2 aromatic carbocycles. The minimum Gasteiger partial charge on any atom is -0.427 e. The first-order valence-electron chi connectivity index (χ1n) is 10.1. The molecular weight excluding hydrogens is 452 g/mol. The maximum atomic E-state index is 12.6. The van der Waals surface area contributed by atoms with Crippen LogP contribution in [0.2, 0.25) is 5.02 Å². The van der Waals surface area contributed by atoms with Crippen molar-refractivity contribution in [1.82, 2.24) is 19.4 Å². The molecule has 1 aliphatic heterocycles. The highest BCUT2D eigenvalue weighted by atomic mass is 35.5. The zero-order valence-corrected chi connectivity index (χ0v) is 18.5. The topological polar surface area (TPSA) is 98.3 Å². The SMILES string of the molecule is O=C(CCc1oc(-n2cnc3ccccc32)nc1-c1ccc(Cl)cc1)N1CCS(=O)(=O)C1. The number of fused-ring (bicyclic) bond motifs is 1. The van der Waals surface area contributed by atoms with Gasteiger partial charge in [-0.1, -0.05) is 35.9 Å². The molecule has 1 fully saturated rings. The van der Waals surface area contributed by atoms with Crippen LogP contribution in [-0.2, 0) is 21.1 Å². The van der Waals surface area contributed by atoms with Crippen LogP contribution in [0.25, 0.3) is 28.3 Å². The molecule has 1 aliphatic rings.